The fraction of sp³-hybridized carbons (Fsp3) is 0.125. The highest BCUT2D eigenvalue weighted by molar-refractivity contribution is 7.07. The molecule has 0 saturated carbocycles. The van der Waals surface area contributed by atoms with Gasteiger partial charge in [0, 0.05) is 24.3 Å². The Hall–Kier alpha value is -5.09. The van der Waals surface area contributed by atoms with Gasteiger partial charge < -0.3 is 10.5 Å². The number of thiazole rings is 1. The van der Waals surface area contributed by atoms with E-state index in [0.717, 1.165) is 15.9 Å². The van der Waals surface area contributed by atoms with Crippen molar-refractivity contribution in [2.45, 2.75) is 12.8 Å². The minimum Gasteiger partial charge on any atom is -0.463 e. The number of benzene rings is 2. The Morgan fingerprint density at radius 1 is 1.14 bits per heavy atom. The number of allylic oxidation sites excluding steroid dienone is 1. The maximum Gasteiger partial charge on any atom is 0.338 e. The normalized spacial score (nSPS) is 15.2. The Balaban J connectivity index is 2.01. The Labute approximate surface area is 211 Å². The lowest BCUT2D eigenvalue weighted by molar-refractivity contribution is -0.385. The minimum atomic E-state index is -1.03. The van der Waals surface area contributed by atoms with Gasteiger partial charge in [-0.1, -0.05) is 12.1 Å². The summed E-state index contributed by atoms with van der Waals surface area (Å²) in [5, 5.41) is 32.0. The summed E-state index contributed by atoms with van der Waals surface area (Å²) in [6.07, 6.45) is 1.49. The van der Waals surface area contributed by atoms with Gasteiger partial charge in [-0.2, -0.15) is 5.26 Å². The number of fused-ring (bicyclic) bond motifs is 1. The molecule has 1 aliphatic heterocycles. The van der Waals surface area contributed by atoms with Crippen LogP contribution >= 0.6 is 11.3 Å². The van der Waals surface area contributed by atoms with Gasteiger partial charge in [0.1, 0.15) is 10.5 Å². The van der Waals surface area contributed by atoms with Crippen molar-refractivity contribution in [1.82, 2.24) is 4.57 Å². The molecule has 37 heavy (non-hydrogen) atoms. The number of aromatic nitrogens is 1. The first kappa shape index (κ1) is 25.0. The number of hydrogen-bond donors (Lipinski definition) is 1. The first-order chi connectivity index (χ1) is 17.7. The first-order valence-electron chi connectivity index (χ1n) is 10.7. The molecular formula is C24H17N5O7S. The molecular weight excluding hydrogens is 502 g/mol. The van der Waals surface area contributed by atoms with Crippen LogP contribution in [0.1, 0.15) is 24.0 Å². The Morgan fingerprint density at radius 3 is 2.22 bits per heavy atom. The first-order valence-corrected chi connectivity index (χ1v) is 11.5. The lowest BCUT2D eigenvalue weighted by Gasteiger charge is -2.24. The molecule has 0 bridgehead atoms. The molecule has 2 N–H and O–H groups in total. The number of nitrogens with two attached hydrogens (primary N) is 1. The molecule has 2 heterocycles. The van der Waals surface area contributed by atoms with E-state index in [1.54, 1.807) is 6.92 Å². The molecule has 1 unspecified atom stereocenters. The second-order valence-electron chi connectivity index (χ2n) is 7.73. The number of carbonyl (C=O) groups excluding carboxylic acids is 1. The van der Waals surface area contributed by atoms with E-state index in [1.165, 1.54) is 54.6 Å². The van der Waals surface area contributed by atoms with Crippen molar-refractivity contribution < 1.29 is 19.4 Å². The molecule has 12 nitrogen and oxygen atoms in total. The van der Waals surface area contributed by atoms with E-state index < -0.39 is 27.3 Å². The summed E-state index contributed by atoms with van der Waals surface area (Å²) >= 11 is 0.944. The largest absolute Gasteiger partial charge is 0.463 e. The second kappa shape index (κ2) is 9.88. The van der Waals surface area contributed by atoms with Crippen molar-refractivity contribution in [3.05, 3.63) is 105 Å². The molecule has 3 aromatic rings. The van der Waals surface area contributed by atoms with Crippen molar-refractivity contribution >= 4 is 46.2 Å². The van der Waals surface area contributed by atoms with Crippen LogP contribution in [0.15, 0.2) is 58.9 Å². The van der Waals surface area contributed by atoms with Gasteiger partial charge >= 0.3 is 5.97 Å². The van der Waals surface area contributed by atoms with Crippen LogP contribution in [0.2, 0.25) is 0 Å². The lowest BCUT2D eigenvalue weighted by atomic mass is 9.84. The molecule has 0 aliphatic carbocycles. The Bertz CT molecular complexity index is 1690. The van der Waals surface area contributed by atoms with Gasteiger partial charge in [0.25, 0.3) is 16.9 Å². The molecule has 1 atom stereocenters. The smallest absolute Gasteiger partial charge is 0.338 e. The van der Waals surface area contributed by atoms with E-state index in [2.05, 4.69) is 0 Å². The van der Waals surface area contributed by atoms with E-state index in [1.807, 2.05) is 6.07 Å². The SMILES string of the molecule is CCOC(=O)C1=c2sc(=Cc3ccc([N+](=O)[O-])cc3)c(=O)n2C(N)=C(C#N)C1c1ccc([N+](=O)[O-])cc1. The summed E-state index contributed by atoms with van der Waals surface area (Å²) in [7, 11) is 0. The topological polar surface area (TPSA) is 184 Å². The van der Waals surface area contributed by atoms with Crippen LogP contribution in [0.3, 0.4) is 0 Å². The lowest BCUT2D eigenvalue weighted by Crippen LogP contribution is -2.40. The van der Waals surface area contributed by atoms with Gasteiger partial charge in [-0.15, -0.1) is 11.3 Å². The van der Waals surface area contributed by atoms with Crippen molar-refractivity contribution in [1.29, 1.82) is 5.26 Å². The summed E-state index contributed by atoms with van der Waals surface area (Å²) in [5.41, 5.74) is 6.15. The fourth-order valence-electron chi connectivity index (χ4n) is 3.92. The standard InChI is InChI=1S/C24H17N5O7S/c1-2-36-24(31)20-19(14-5-9-16(10-6-14)29(34)35)17(12-25)21(26)27-22(30)18(37-23(20)27)11-13-3-7-15(8-4-13)28(32)33/h3-11,19H,2,26H2,1H3. The zero-order chi connectivity index (χ0) is 26.9. The third-order valence-corrected chi connectivity index (χ3v) is 6.71. The highest BCUT2D eigenvalue weighted by Crippen LogP contribution is 2.37. The molecule has 0 fully saturated rings. The molecule has 0 saturated heterocycles. The van der Waals surface area contributed by atoms with Crippen molar-refractivity contribution in [3.8, 4) is 6.07 Å². The predicted octanol–water partition coefficient (Wildman–Crippen LogP) is 1.72. The van der Waals surface area contributed by atoms with Crippen LogP contribution in [0.4, 0.5) is 11.4 Å². The Morgan fingerprint density at radius 2 is 1.70 bits per heavy atom. The molecule has 13 heteroatoms. The van der Waals surface area contributed by atoms with Crippen LogP contribution in [-0.4, -0.2) is 27.0 Å². The van der Waals surface area contributed by atoms with Gasteiger partial charge in [0.15, 0.2) is 0 Å². The van der Waals surface area contributed by atoms with Crippen LogP contribution in [0.25, 0.3) is 17.5 Å². The van der Waals surface area contributed by atoms with E-state index in [0.29, 0.717) is 11.1 Å². The van der Waals surface area contributed by atoms with Crippen LogP contribution in [0.5, 0.6) is 0 Å². The van der Waals surface area contributed by atoms with E-state index >= 15 is 0 Å². The summed E-state index contributed by atoms with van der Waals surface area (Å²) in [6, 6.07) is 12.8. The number of esters is 1. The molecule has 1 aromatic heterocycles. The molecule has 0 spiro atoms. The van der Waals surface area contributed by atoms with E-state index in [-0.39, 0.29) is 44.1 Å². The number of carbonyl (C=O) groups is 1. The number of nitrogens with zero attached hydrogens (tertiary/aromatic N) is 4. The summed E-state index contributed by atoms with van der Waals surface area (Å²) < 4.78 is 6.62. The van der Waals surface area contributed by atoms with Crippen LogP contribution < -0.4 is 20.5 Å². The van der Waals surface area contributed by atoms with Crippen molar-refractivity contribution in [2.24, 2.45) is 5.73 Å². The average Bonchev–Trinajstić information content (AvgIpc) is 3.20. The predicted molar refractivity (Wildman–Crippen MR) is 133 cm³/mol. The molecule has 0 radical (unpaired) electrons. The number of nitro benzene ring substituents is 2. The van der Waals surface area contributed by atoms with Gasteiger partial charge in [0.2, 0.25) is 0 Å². The maximum atomic E-state index is 13.3. The molecule has 4 rings (SSSR count). The van der Waals surface area contributed by atoms with Crippen LogP contribution in [-0.2, 0) is 9.53 Å². The number of ether oxygens (including phenoxy) is 1. The summed E-state index contributed by atoms with van der Waals surface area (Å²) in [4.78, 5) is 47.4. The van der Waals surface area contributed by atoms with Gasteiger partial charge in [0.05, 0.1) is 44.1 Å². The van der Waals surface area contributed by atoms with Crippen LogP contribution in [0, 0.1) is 31.6 Å². The molecule has 186 valence electrons. The zero-order valence-electron chi connectivity index (χ0n) is 19.1. The third-order valence-electron chi connectivity index (χ3n) is 5.60. The summed E-state index contributed by atoms with van der Waals surface area (Å²) in [5.74, 6) is -1.99. The Kier molecular flexibility index (Phi) is 6.68. The second-order valence-corrected chi connectivity index (χ2v) is 8.76. The maximum absolute atomic E-state index is 13.3. The average molecular weight is 519 g/mol. The monoisotopic (exact) mass is 519 g/mol. The molecule has 2 aromatic carbocycles. The number of nitro groups is 2. The summed E-state index contributed by atoms with van der Waals surface area (Å²) in [6.45, 7) is 1.63. The number of hydrogen-bond acceptors (Lipinski definition) is 10. The van der Waals surface area contributed by atoms with Crippen molar-refractivity contribution in [2.75, 3.05) is 6.61 Å². The zero-order valence-corrected chi connectivity index (χ0v) is 19.9. The number of non-ortho nitro benzene ring substituents is 2. The van der Waals surface area contributed by atoms with Crippen molar-refractivity contribution in [3.63, 3.8) is 0 Å². The third kappa shape index (κ3) is 4.48. The van der Waals surface area contributed by atoms with E-state index in [9.17, 15) is 35.1 Å². The van der Waals surface area contributed by atoms with Gasteiger partial charge in [-0.3, -0.25) is 29.6 Å². The molecule has 1 aliphatic rings. The molecule has 0 amide bonds. The highest BCUT2D eigenvalue weighted by atomic mass is 32.1. The fourth-order valence-corrected chi connectivity index (χ4v) is 5.08. The van der Waals surface area contributed by atoms with Gasteiger partial charge in [-0.25, -0.2) is 4.79 Å². The minimum absolute atomic E-state index is 0.00750. The van der Waals surface area contributed by atoms with E-state index in [4.69, 9.17) is 10.5 Å². The van der Waals surface area contributed by atoms with Gasteiger partial charge in [-0.05, 0) is 36.3 Å². The number of nitriles is 1. The quantitative estimate of drug-likeness (QED) is 0.288. The number of rotatable bonds is 6. The highest BCUT2D eigenvalue weighted by Gasteiger charge is 2.36.